The van der Waals surface area contributed by atoms with Crippen molar-refractivity contribution in [3.63, 3.8) is 0 Å². The van der Waals surface area contributed by atoms with Crippen LogP contribution in [0.15, 0.2) is 84.9 Å². The lowest BCUT2D eigenvalue weighted by molar-refractivity contribution is -0.115. The van der Waals surface area contributed by atoms with Gasteiger partial charge in [-0.1, -0.05) is 73.7 Å². The molecule has 3 aromatic rings. The number of nitrogens with one attached hydrogen (secondary N) is 3. The second kappa shape index (κ2) is 10.8. The van der Waals surface area contributed by atoms with Crippen molar-refractivity contribution < 1.29 is 9.59 Å². The highest BCUT2D eigenvalue weighted by Crippen LogP contribution is 2.27. The maximum atomic E-state index is 12.3. The van der Waals surface area contributed by atoms with E-state index in [-0.39, 0.29) is 17.9 Å². The van der Waals surface area contributed by atoms with Crippen LogP contribution in [0, 0.1) is 0 Å². The summed E-state index contributed by atoms with van der Waals surface area (Å²) in [4.78, 5) is 23.9. The molecule has 30 heavy (non-hydrogen) atoms. The predicted octanol–water partition coefficient (Wildman–Crippen LogP) is 5.38. The zero-order valence-corrected chi connectivity index (χ0v) is 17.1. The number of hydrogen-bond acceptors (Lipinski definition) is 2. The van der Waals surface area contributed by atoms with E-state index >= 15 is 0 Å². The van der Waals surface area contributed by atoms with Crippen molar-refractivity contribution in [3.05, 3.63) is 96.1 Å². The van der Waals surface area contributed by atoms with E-state index in [0.717, 1.165) is 6.42 Å². The van der Waals surface area contributed by atoms with Crippen molar-refractivity contribution in [1.82, 2.24) is 5.32 Å². The number of urea groups is 1. The number of amides is 3. The van der Waals surface area contributed by atoms with E-state index in [1.54, 1.807) is 31.2 Å². The van der Waals surface area contributed by atoms with Gasteiger partial charge in [0, 0.05) is 30.3 Å². The van der Waals surface area contributed by atoms with Gasteiger partial charge in [-0.3, -0.25) is 4.79 Å². The third kappa shape index (κ3) is 6.21. The van der Waals surface area contributed by atoms with E-state index in [0.29, 0.717) is 24.3 Å². The van der Waals surface area contributed by atoms with Gasteiger partial charge in [0.05, 0.1) is 0 Å². The van der Waals surface area contributed by atoms with Crippen molar-refractivity contribution in [1.29, 1.82) is 0 Å². The maximum Gasteiger partial charge on any atom is 0.319 e. The van der Waals surface area contributed by atoms with Gasteiger partial charge in [0.1, 0.15) is 0 Å². The van der Waals surface area contributed by atoms with Crippen molar-refractivity contribution in [2.75, 3.05) is 17.2 Å². The van der Waals surface area contributed by atoms with Crippen molar-refractivity contribution in [2.24, 2.45) is 0 Å². The first-order valence-electron chi connectivity index (χ1n) is 10.2. The fraction of sp³-hybridized carbons (Fsp3) is 0.200. The molecule has 0 saturated heterocycles. The highest BCUT2D eigenvalue weighted by molar-refractivity contribution is 5.93. The molecule has 0 radical (unpaired) electrons. The largest absolute Gasteiger partial charge is 0.338 e. The first-order valence-corrected chi connectivity index (χ1v) is 10.2. The molecule has 0 saturated carbocycles. The fourth-order valence-electron chi connectivity index (χ4n) is 3.33. The van der Waals surface area contributed by atoms with E-state index in [9.17, 15) is 9.59 Å². The van der Waals surface area contributed by atoms with Gasteiger partial charge in [-0.2, -0.15) is 0 Å². The van der Waals surface area contributed by atoms with Crippen LogP contribution in [0.3, 0.4) is 0 Å². The molecule has 5 heteroatoms. The molecular formula is C25H27N3O2. The molecule has 3 amide bonds. The minimum absolute atomic E-state index is 0.0653. The van der Waals surface area contributed by atoms with E-state index in [2.05, 4.69) is 40.2 Å². The Hall–Kier alpha value is -3.60. The Bertz CT molecular complexity index is 919. The van der Waals surface area contributed by atoms with Gasteiger partial charge in [0.15, 0.2) is 0 Å². The minimum atomic E-state index is -0.270. The van der Waals surface area contributed by atoms with Crippen LogP contribution in [0.1, 0.15) is 36.8 Å². The number of anilines is 2. The van der Waals surface area contributed by atoms with Crippen LogP contribution in [0.25, 0.3) is 0 Å². The van der Waals surface area contributed by atoms with E-state index in [4.69, 9.17) is 0 Å². The fourth-order valence-corrected chi connectivity index (χ4v) is 3.33. The molecule has 3 aromatic carbocycles. The van der Waals surface area contributed by atoms with Crippen LogP contribution in [0.5, 0.6) is 0 Å². The van der Waals surface area contributed by atoms with E-state index in [1.807, 2.05) is 36.4 Å². The summed E-state index contributed by atoms with van der Waals surface area (Å²) in [6, 6.07) is 27.5. The van der Waals surface area contributed by atoms with Gasteiger partial charge < -0.3 is 16.0 Å². The van der Waals surface area contributed by atoms with Gasteiger partial charge in [-0.25, -0.2) is 4.79 Å². The van der Waals surface area contributed by atoms with Crippen molar-refractivity contribution in [3.8, 4) is 0 Å². The molecule has 0 aliphatic carbocycles. The monoisotopic (exact) mass is 401 g/mol. The number of carbonyl (C=O) groups is 2. The third-order valence-corrected chi connectivity index (χ3v) is 4.85. The Morgan fingerprint density at radius 3 is 1.90 bits per heavy atom. The quantitative estimate of drug-likeness (QED) is 0.474. The maximum absolute atomic E-state index is 12.3. The molecule has 0 unspecified atom stereocenters. The standard InChI is InChI=1S/C25H27N3O2/c1-2-24(29)27-21-14-9-15-22(18-21)28-25(30)26-17-16-23(19-10-5-3-6-11-19)20-12-7-4-8-13-20/h3-15,18,23H,2,16-17H2,1H3,(H,27,29)(H2,26,28,30). The molecule has 0 heterocycles. The molecular weight excluding hydrogens is 374 g/mol. The Kier molecular flexibility index (Phi) is 7.61. The van der Waals surface area contributed by atoms with Gasteiger partial charge in [0.2, 0.25) is 5.91 Å². The Morgan fingerprint density at radius 2 is 1.33 bits per heavy atom. The highest BCUT2D eigenvalue weighted by atomic mass is 16.2. The molecule has 3 rings (SSSR count). The number of hydrogen-bond donors (Lipinski definition) is 3. The molecule has 0 fully saturated rings. The minimum Gasteiger partial charge on any atom is -0.338 e. The second-order valence-electron chi connectivity index (χ2n) is 7.03. The average molecular weight is 402 g/mol. The summed E-state index contributed by atoms with van der Waals surface area (Å²) in [6.07, 6.45) is 1.19. The summed E-state index contributed by atoms with van der Waals surface area (Å²) in [5.41, 5.74) is 3.74. The van der Waals surface area contributed by atoms with Crippen LogP contribution < -0.4 is 16.0 Å². The van der Waals surface area contributed by atoms with Crippen LogP contribution >= 0.6 is 0 Å². The lowest BCUT2D eigenvalue weighted by Crippen LogP contribution is -2.30. The Morgan fingerprint density at radius 1 is 0.767 bits per heavy atom. The lowest BCUT2D eigenvalue weighted by atomic mass is 9.88. The molecule has 0 aliphatic rings. The molecule has 154 valence electrons. The molecule has 0 aliphatic heterocycles. The summed E-state index contributed by atoms with van der Waals surface area (Å²) >= 11 is 0. The molecule has 0 spiro atoms. The second-order valence-corrected chi connectivity index (χ2v) is 7.03. The molecule has 5 nitrogen and oxygen atoms in total. The number of rotatable bonds is 8. The predicted molar refractivity (Wildman–Crippen MR) is 122 cm³/mol. The van der Waals surface area contributed by atoms with Crippen LogP contribution in [-0.2, 0) is 4.79 Å². The third-order valence-electron chi connectivity index (χ3n) is 4.85. The van der Waals surface area contributed by atoms with E-state index in [1.165, 1.54) is 11.1 Å². The summed E-state index contributed by atoms with van der Waals surface area (Å²) in [5.74, 6) is 0.143. The van der Waals surface area contributed by atoms with Gasteiger partial charge in [0.25, 0.3) is 0 Å². The van der Waals surface area contributed by atoms with Crippen molar-refractivity contribution >= 4 is 23.3 Å². The molecule has 0 bridgehead atoms. The summed E-state index contributed by atoms with van der Waals surface area (Å²) in [5, 5.41) is 8.55. The molecule has 0 aromatic heterocycles. The SMILES string of the molecule is CCC(=O)Nc1cccc(NC(=O)NCCC(c2ccccc2)c2ccccc2)c1. The van der Waals surface area contributed by atoms with E-state index < -0.39 is 0 Å². The highest BCUT2D eigenvalue weighted by Gasteiger charge is 2.14. The summed E-state index contributed by atoms with van der Waals surface area (Å²) in [6.45, 7) is 2.33. The van der Waals surface area contributed by atoms with Crippen LogP contribution in [0.2, 0.25) is 0 Å². The number of benzene rings is 3. The molecule has 3 N–H and O–H groups in total. The smallest absolute Gasteiger partial charge is 0.319 e. The lowest BCUT2D eigenvalue weighted by Gasteiger charge is -2.18. The number of carbonyl (C=O) groups excluding carboxylic acids is 2. The normalized spacial score (nSPS) is 10.5. The zero-order valence-electron chi connectivity index (χ0n) is 17.1. The van der Waals surface area contributed by atoms with Crippen molar-refractivity contribution in [2.45, 2.75) is 25.7 Å². The molecule has 0 atom stereocenters. The van der Waals surface area contributed by atoms with Gasteiger partial charge >= 0.3 is 6.03 Å². The van der Waals surface area contributed by atoms with Gasteiger partial charge in [-0.15, -0.1) is 0 Å². The Labute approximate surface area is 177 Å². The van der Waals surface area contributed by atoms with Gasteiger partial charge in [-0.05, 0) is 35.7 Å². The topological polar surface area (TPSA) is 70.2 Å². The van der Waals surface area contributed by atoms with Crippen LogP contribution in [0.4, 0.5) is 16.2 Å². The Balaban J connectivity index is 1.57. The summed E-state index contributed by atoms with van der Waals surface area (Å²) in [7, 11) is 0. The average Bonchev–Trinajstić information content (AvgIpc) is 2.78. The first-order chi connectivity index (χ1) is 14.7. The van der Waals surface area contributed by atoms with Crippen LogP contribution in [-0.4, -0.2) is 18.5 Å². The zero-order chi connectivity index (χ0) is 21.2. The first kappa shape index (κ1) is 21.1. The summed E-state index contributed by atoms with van der Waals surface area (Å²) < 4.78 is 0.